The molecule has 1 atom stereocenters. The molecule has 3 aliphatic rings. The second-order valence-corrected chi connectivity index (χ2v) is 11.6. The number of aromatic nitrogens is 2. The largest absolute Gasteiger partial charge is 0.478 e. The normalized spacial score (nSPS) is 22.0. The minimum atomic E-state index is -1.22. The number of methoxy groups -OCH3 is 1. The van der Waals surface area contributed by atoms with Crippen LogP contribution in [0.5, 0.6) is 11.5 Å². The average Bonchev–Trinajstić information content (AvgIpc) is 3.50. The molecule has 2 fully saturated rings. The van der Waals surface area contributed by atoms with Crippen molar-refractivity contribution in [3.8, 4) is 11.5 Å². The van der Waals surface area contributed by atoms with Gasteiger partial charge in [0.2, 0.25) is 0 Å². The minimum absolute atomic E-state index is 0.194. The number of hydrogen-bond donors (Lipinski definition) is 1. The van der Waals surface area contributed by atoms with Crippen molar-refractivity contribution >= 4 is 12.0 Å². The lowest BCUT2D eigenvalue weighted by Gasteiger charge is -2.32. The SMILES string of the molecule is COC1(Cn2c(/C=C/C(=O)O)cnc2CN2CCC(c3cccc4c3OC(C)(c3ccc(C)cc3F)O4)CC2)CC1. The van der Waals surface area contributed by atoms with Crippen LogP contribution in [-0.4, -0.2) is 51.3 Å². The lowest BCUT2D eigenvalue weighted by Crippen LogP contribution is -2.34. The molecule has 0 spiro atoms. The first-order valence-electron chi connectivity index (χ1n) is 14.2. The van der Waals surface area contributed by atoms with Crippen LogP contribution in [0.2, 0.25) is 0 Å². The molecule has 1 aliphatic carbocycles. The van der Waals surface area contributed by atoms with Gasteiger partial charge in [-0.25, -0.2) is 14.2 Å². The molecule has 0 amide bonds. The molecular formula is C32H36FN3O5. The summed E-state index contributed by atoms with van der Waals surface area (Å²) in [5, 5.41) is 9.13. The number of hydrogen-bond acceptors (Lipinski definition) is 6. The Morgan fingerprint density at radius 1 is 1.22 bits per heavy atom. The first-order chi connectivity index (χ1) is 19.7. The van der Waals surface area contributed by atoms with Gasteiger partial charge in [-0.2, -0.15) is 0 Å². The zero-order valence-electron chi connectivity index (χ0n) is 23.7. The van der Waals surface area contributed by atoms with Crippen LogP contribution in [0.4, 0.5) is 4.39 Å². The lowest BCUT2D eigenvalue weighted by molar-refractivity contribution is -0.131. The number of nitrogens with zero attached hydrogens (tertiary/aromatic N) is 3. The van der Waals surface area contributed by atoms with Gasteiger partial charge in [0, 0.05) is 25.7 Å². The van der Waals surface area contributed by atoms with Crippen molar-refractivity contribution in [2.24, 2.45) is 0 Å². The maximum absolute atomic E-state index is 14.9. The van der Waals surface area contributed by atoms with Crippen LogP contribution in [-0.2, 0) is 28.4 Å². The fourth-order valence-corrected chi connectivity index (χ4v) is 6.05. The molecule has 1 aromatic heterocycles. The standard InChI is InChI=1S/C32H36FN3O5/c1-21-7-9-25(26(33)17-21)31(2)40-27-6-4-5-24(30(27)41-31)22-11-15-35(16-12-22)19-28-34-18-23(8-10-29(37)38)36(28)20-32(39-3)13-14-32/h4-10,17-18,22H,11-16,19-20H2,1-3H3,(H,37,38)/b10-8+. The molecule has 1 unspecified atom stereocenters. The second kappa shape index (κ2) is 10.6. The highest BCUT2D eigenvalue weighted by Gasteiger charge is 2.45. The first-order valence-corrected chi connectivity index (χ1v) is 14.2. The number of aliphatic carboxylic acids is 1. The summed E-state index contributed by atoms with van der Waals surface area (Å²) < 4.78 is 35.3. The molecule has 8 nitrogen and oxygen atoms in total. The Labute approximate surface area is 239 Å². The van der Waals surface area contributed by atoms with Crippen molar-refractivity contribution < 1.29 is 28.5 Å². The highest BCUT2D eigenvalue weighted by atomic mass is 19.1. The Morgan fingerprint density at radius 2 is 2.00 bits per heavy atom. The van der Waals surface area contributed by atoms with E-state index >= 15 is 0 Å². The maximum Gasteiger partial charge on any atom is 0.328 e. The van der Waals surface area contributed by atoms with Gasteiger partial charge in [-0.3, -0.25) is 4.90 Å². The molecule has 1 N–H and O–H groups in total. The van der Waals surface area contributed by atoms with E-state index in [0.29, 0.717) is 30.2 Å². The monoisotopic (exact) mass is 561 g/mol. The predicted molar refractivity (Wildman–Crippen MR) is 151 cm³/mol. The lowest BCUT2D eigenvalue weighted by atomic mass is 9.88. The van der Waals surface area contributed by atoms with E-state index in [9.17, 15) is 9.18 Å². The molecule has 9 heteroatoms. The Hall–Kier alpha value is -3.69. The van der Waals surface area contributed by atoms with Gasteiger partial charge in [0.1, 0.15) is 11.6 Å². The Morgan fingerprint density at radius 3 is 2.68 bits per heavy atom. The zero-order chi connectivity index (χ0) is 28.8. The molecule has 0 radical (unpaired) electrons. The van der Waals surface area contributed by atoms with Gasteiger partial charge >= 0.3 is 5.97 Å². The van der Waals surface area contributed by atoms with Gasteiger partial charge in [-0.1, -0.05) is 18.2 Å². The van der Waals surface area contributed by atoms with Crippen molar-refractivity contribution in [1.82, 2.24) is 14.5 Å². The number of rotatable bonds is 9. The fraction of sp³-hybridized carbons (Fsp3) is 0.438. The molecule has 3 aromatic rings. The van der Waals surface area contributed by atoms with Crippen LogP contribution in [0.1, 0.15) is 66.7 Å². The highest BCUT2D eigenvalue weighted by Crippen LogP contribution is 2.50. The molecular weight excluding hydrogens is 525 g/mol. The van der Waals surface area contributed by atoms with Crippen molar-refractivity contribution in [3.05, 3.63) is 82.7 Å². The Bertz CT molecular complexity index is 1490. The van der Waals surface area contributed by atoms with E-state index in [-0.39, 0.29) is 17.3 Å². The van der Waals surface area contributed by atoms with E-state index in [4.69, 9.17) is 19.3 Å². The summed E-state index contributed by atoms with van der Waals surface area (Å²) in [7, 11) is 1.73. The summed E-state index contributed by atoms with van der Waals surface area (Å²) in [6, 6.07) is 11.1. The van der Waals surface area contributed by atoms with Crippen LogP contribution in [0.25, 0.3) is 6.08 Å². The van der Waals surface area contributed by atoms with E-state index in [1.165, 1.54) is 6.07 Å². The smallest absolute Gasteiger partial charge is 0.328 e. The first kappa shape index (κ1) is 27.5. The van der Waals surface area contributed by atoms with Crippen molar-refractivity contribution in [2.45, 2.75) is 69.9 Å². The summed E-state index contributed by atoms with van der Waals surface area (Å²) >= 11 is 0. The van der Waals surface area contributed by atoms with E-state index in [0.717, 1.165) is 67.5 Å². The third-order valence-corrected chi connectivity index (χ3v) is 8.67. The summed E-state index contributed by atoms with van der Waals surface area (Å²) in [6.45, 7) is 6.71. The summed E-state index contributed by atoms with van der Waals surface area (Å²) in [5.74, 6) is -0.00985. The van der Waals surface area contributed by atoms with Crippen molar-refractivity contribution in [2.75, 3.05) is 20.2 Å². The van der Waals surface area contributed by atoms with Gasteiger partial charge in [0.05, 0.1) is 36.1 Å². The maximum atomic E-state index is 14.9. The molecule has 1 saturated carbocycles. The summed E-state index contributed by atoms with van der Waals surface area (Å²) in [5.41, 5.74) is 2.90. The third kappa shape index (κ3) is 5.48. The van der Waals surface area contributed by atoms with Crippen molar-refractivity contribution in [1.29, 1.82) is 0 Å². The molecule has 2 aromatic carbocycles. The summed E-state index contributed by atoms with van der Waals surface area (Å²) in [4.78, 5) is 18.2. The van der Waals surface area contributed by atoms with Gasteiger partial charge in [-0.05, 0) is 81.5 Å². The molecule has 2 aliphatic heterocycles. The topological polar surface area (TPSA) is 86.0 Å². The molecule has 0 bridgehead atoms. The Kier molecular flexibility index (Phi) is 7.11. The number of fused-ring (bicyclic) bond motifs is 1. The molecule has 216 valence electrons. The van der Waals surface area contributed by atoms with Crippen molar-refractivity contribution in [3.63, 3.8) is 0 Å². The van der Waals surface area contributed by atoms with E-state index in [2.05, 4.69) is 20.5 Å². The zero-order valence-corrected chi connectivity index (χ0v) is 23.7. The molecule has 1 saturated heterocycles. The van der Waals surface area contributed by atoms with Crippen LogP contribution >= 0.6 is 0 Å². The van der Waals surface area contributed by atoms with Crippen LogP contribution in [0.15, 0.2) is 48.7 Å². The Balaban J connectivity index is 1.15. The molecule has 41 heavy (non-hydrogen) atoms. The van der Waals surface area contributed by atoms with Crippen LogP contribution in [0.3, 0.4) is 0 Å². The number of carboxylic acids is 1. The molecule has 3 heterocycles. The van der Waals surface area contributed by atoms with Gasteiger partial charge in [-0.15, -0.1) is 0 Å². The number of likely N-dealkylation sites (tertiary alicyclic amines) is 1. The number of aryl methyl sites for hydroxylation is 1. The quantitative estimate of drug-likeness (QED) is 0.339. The van der Waals surface area contributed by atoms with E-state index in [1.54, 1.807) is 32.4 Å². The minimum Gasteiger partial charge on any atom is -0.478 e. The van der Waals surface area contributed by atoms with Gasteiger partial charge < -0.3 is 23.9 Å². The number of carboxylic acid groups (broad SMARTS) is 1. The third-order valence-electron chi connectivity index (χ3n) is 8.67. The number of carbonyl (C=O) groups is 1. The second-order valence-electron chi connectivity index (χ2n) is 11.6. The highest BCUT2D eigenvalue weighted by molar-refractivity contribution is 5.84. The van der Waals surface area contributed by atoms with Gasteiger partial charge in [0.25, 0.3) is 5.79 Å². The number of ether oxygens (including phenoxy) is 3. The molecule has 6 rings (SSSR count). The number of halogens is 1. The average molecular weight is 562 g/mol. The number of para-hydroxylation sites is 1. The van der Waals surface area contributed by atoms with Crippen LogP contribution in [0, 0.1) is 12.7 Å². The summed E-state index contributed by atoms with van der Waals surface area (Å²) in [6.07, 6.45) is 8.33. The van der Waals surface area contributed by atoms with Gasteiger partial charge in [0.15, 0.2) is 11.5 Å². The predicted octanol–water partition coefficient (Wildman–Crippen LogP) is 5.63. The van der Waals surface area contributed by atoms with E-state index < -0.39 is 11.8 Å². The number of benzene rings is 2. The number of imidazole rings is 1. The van der Waals surface area contributed by atoms with E-state index in [1.807, 2.05) is 25.1 Å². The number of piperidine rings is 1. The fourth-order valence-electron chi connectivity index (χ4n) is 6.05. The van der Waals surface area contributed by atoms with Crippen LogP contribution < -0.4 is 9.47 Å².